The monoisotopic (exact) mass is 437 g/mol. The Balaban J connectivity index is 1.68. The first-order valence-corrected chi connectivity index (χ1v) is 10.1. The fourth-order valence-corrected chi connectivity index (χ4v) is 2.95. The van der Waals surface area contributed by atoms with Crippen LogP contribution in [0.25, 0.3) is 11.3 Å². The van der Waals surface area contributed by atoms with Gasteiger partial charge in [0.05, 0.1) is 11.3 Å². The maximum absolute atomic E-state index is 14.6. The Labute approximate surface area is 185 Å². The van der Waals surface area contributed by atoms with Gasteiger partial charge in [0.25, 0.3) is 0 Å². The fraction of sp³-hybridized carbons (Fsp3) is 0.200. The third-order valence-corrected chi connectivity index (χ3v) is 4.83. The molecule has 5 nitrogen and oxygen atoms in total. The zero-order valence-corrected chi connectivity index (χ0v) is 18.0. The molecule has 0 saturated carbocycles. The number of rotatable bonds is 9. The van der Waals surface area contributed by atoms with Crippen LogP contribution in [0.5, 0.6) is 5.75 Å². The molecule has 1 aromatic carbocycles. The van der Waals surface area contributed by atoms with Crippen LogP contribution in [0.1, 0.15) is 25.1 Å². The van der Waals surface area contributed by atoms with E-state index in [4.69, 9.17) is 15.0 Å². The second kappa shape index (κ2) is 10.5. The molecule has 0 fully saturated rings. The summed E-state index contributed by atoms with van der Waals surface area (Å²) in [6.45, 7) is 7.44. The van der Waals surface area contributed by atoms with Crippen LogP contribution < -0.4 is 10.5 Å². The molecular formula is C25H25F2N3O2. The van der Waals surface area contributed by atoms with Crippen molar-refractivity contribution in [1.82, 2.24) is 10.1 Å². The number of anilines is 1. The average Bonchev–Trinajstić information content (AvgIpc) is 3.22. The van der Waals surface area contributed by atoms with E-state index in [1.807, 2.05) is 13.8 Å². The minimum Gasteiger partial charge on any atom is -0.486 e. The van der Waals surface area contributed by atoms with Crippen molar-refractivity contribution in [2.24, 2.45) is 5.92 Å². The van der Waals surface area contributed by atoms with Gasteiger partial charge >= 0.3 is 0 Å². The van der Waals surface area contributed by atoms with E-state index < -0.39 is 11.6 Å². The van der Waals surface area contributed by atoms with Gasteiger partial charge in [-0.25, -0.2) is 13.8 Å². The highest BCUT2D eigenvalue weighted by molar-refractivity contribution is 5.69. The van der Waals surface area contributed by atoms with Crippen LogP contribution in [0.4, 0.5) is 14.6 Å². The molecule has 0 amide bonds. The van der Waals surface area contributed by atoms with E-state index in [2.05, 4.69) is 16.7 Å². The fourth-order valence-electron chi connectivity index (χ4n) is 2.95. The number of halogens is 2. The zero-order chi connectivity index (χ0) is 23.1. The summed E-state index contributed by atoms with van der Waals surface area (Å²) in [6, 6.07) is 10.0. The highest BCUT2D eigenvalue weighted by atomic mass is 19.1. The van der Waals surface area contributed by atoms with Crippen molar-refractivity contribution in [2.75, 3.05) is 12.3 Å². The SMILES string of the molecule is C=C/C(F)=C\C=C(\COc1ccc(Cc2cc(-c3cccnc3N)on2)cc1F)C(C)C. The Morgan fingerprint density at radius 1 is 1.25 bits per heavy atom. The standard InChI is InChI=1S/C25H25F2N3O2/c1-4-19(26)9-8-18(16(2)3)15-31-23-10-7-17(13-22(23)27)12-20-14-24(32-30-20)21-6-5-11-29-25(21)28/h4-11,13-14,16H,1,12,15H2,2-3H3,(H2,28,29)/b18-8-,19-9+. The van der Waals surface area contributed by atoms with E-state index in [1.165, 1.54) is 12.1 Å². The number of nitrogens with two attached hydrogens (primary N) is 1. The normalized spacial score (nSPS) is 12.3. The third-order valence-electron chi connectivity index (χ3n) is 4.83. The molecular weight excluding hydrogens is 412 g/mol. The quantitative estimate of drug-likeness (QED) is 0.413. The summed E-state index contributed by atoms with van der Waals surface area (Å²) in [4.78, 5) is 4.03. The van der Waals surface area contributed by atoms with Crippen molar-refractivity contribution < 1.29 is 18.0 Å². The number of ether oxygens (including phenoxy) is 1. The average molecular weight is 437 g/mol. The second-order valence-electron chi connectivity index (χ2n) is 7.50. The Kier molecular flexibility index (Phi) is 7.54. The Morgan fingerprint density at radius 2 is 2.06 bits per heavy atom. The van der Waals surface area contributed by atoms with Gasteiger partial charge < -0.3 is 15.0 Å². The maximum Gasteiger partial charge on any atom is 0.170 e. The molecule has 0 spiro atoms. The lowest BCUT2D eigenvalue weighted by atomic mass is 10.0. The number of hydrogen-bond acceptors (Lipinski definition) is 5. The molecule has 0 bridgehead atoms. The van der Waals surface area contributed by atoms with Crippen LogP contribution in [-0.2, 0) is 6.42 Å². The number of hydrogen-bond donors (Lipinski definition) is 1. The summed E-state index contributed by atoms with van der Waals surface area (Å²) in [7, 11) is 0. The van der Waals surface area contributed by atoms with Crippen LogP contribution in [0.3, 0.4) is 0 Å². The predicted molar refractivity (Wildman–Crippen MR) is 121 cm³/mol. The van der Waals surface area contributed by atoms with Crippen molar-refractivity contribution >= 4 is 5.82 Å². The predicted octanol–water partition coefficient (Wildman–Crippen LogP) is 6.05. The Bertz CT molecular complexity index is 1150. The molecule has 0 aliphatic rings. The smallest absolute Gasteiger partial charge is 0.170 e. The molecule has 2 N–H and O–H groups in total. The summed E-state index contributed by atoms with van der Waals surface area (Å²) in [5, 5.41) is 4.04. The van der Waals surface area contributed by atoms with Crippen molar-refractivity contribution in [3.8, 4) is 17.1 Å². The topological polar surface area (TPSA) is 74.2 Å². The minimum atomic E-state index is -0.487. The maximum atomic E-state index is 14.6. The van der Waals surface area contributed by atoms with Crippen LogP contribution >= 0.6 is 0 Å². The number of nitrogens with zero attached hydrogens (tertiary/aromatic N) is 2. The molecule has 0 unspecified atom stereocenters. The van der Waals surface area contributed by atoms with Gasteiger partial charge in [0.1, 0.15) is 18.3 Å². The van der Waals surface area contributed by atoms with Gasteiger partial charge in [-0.3, -0.25) is 0 Å². The molecule has 0 saturated heterocycles. The van der Waals surface area contributed by atoms with Gasteiger partial charge in [0.2, 0.25) is 0 Å². The van der Waals surface area contributed by atoms with Crippen LogP contribution in [-0.4, -0.2) is 16.7 Å². The number of pyridine rings is 1. The van der Waals surface area contributed by atoms with Crippen LogP contribution in [0, 0.1) is 11.7 Å². The molecule has 3 rings (SSSR count). The molecule has 166 valence electrons. The lowest BCUT2D eigenvalue weighted by Crippen LogP contribution is -2.07. The molecule has 32 heavy (non-hydrogen) atoms. The largest absolute Gasteiger partial charge is 0.486 e. The summed E-state index contributed by atoms with van der Waals surface area (Å²) >= 11 is 0. The molecule has 2 heterocycles. The molecule has 0 aliphatic carbocycles. The lowest BCUT2D eigenvalue weighted by molar-refractivity contribution is 0.321. The zero-order valence-electron chi connectivity index (χ0n) is 18.0. The molecule has 7 heteroatoms. The molecule has 0 atom stereocenters. The summed E-state index contributed by atoms with van der Waals surface area (Å²) in [6.07, 6.45) is 6.04. The Morgan fingerprint density at radius 3 is 2.75 bits per heavy atom. The van der Waals surface area contributed by atoms with E-state index in [9.17, 15) is 8.78 Å². The molecule has 0 radical (unpaired) electrons. The summed E-state index contributed by atoms with van der Waals surface area (Å²) in [5.74, 6) is 0.152. The van der Waals surface area contributed by atoms with Crippen LogP contribution in [0.2, 0.25) is 0 Å². The van der Waals surface area contributed by atoms with Crippen molar-refractivity contribution in [3.63, 3.8) is 0 Å². The van der Waals surface area contributed by atoms with Gasteiger partial charge in [0, 0.05) is 18.7 Å². The molecule has 2 aromatic heterocycles. The first-order valence-electron chi connectivity index (χ1n) is 10.1. The van der Waals surface area contributed by atoms with Gasteiger partial charge in [-0.15, -0.1) is 0 Å². The highest BCUT2D eigenvalue weighted by Crippen LogP contribution is 2.26. The van der Waals surface area contributed by atoms with E-state index in [-0.39, 0.29) is 18.3 Å². The van der Waals surface area contributed by atoms with Gasteiger partial charge in [-0.2, -0.15) is 0 Å². The third kappa shape index (κ3) is 5.91. The molecule has 3 aromatic rings. The lowest BCUT2D eigenvalue weighted by Gasteiger charge is -2.13. The number of nitrogen functional groups attached to an aromatic ring is 1. The van der Waals surface area contributed by atoms with Crippen molar-refractivity contribution in [2.45, 2.75) is 20.3 Å². The Hall–Kier alpha value is -3.74. The number of aromatic nitrogens is 2. The first-order chi connectivity index (χ1) is 15.4. The summed E-state index contributed by atoms with van der Waals surface area (Å²) in [5.41, 5.74) is 8.70. The van der Waals surface area contributed by atoms with Crippen LogP contribution in [0.15, 0.2) is 83.3 Å². The van der Waals surface area contributed by atoms with Gasteiger partial charge in [-0.1, -0.05) is 37.7 Å². The van der Waals surface area contributed by atoms with Crippen molar-refractivity contribution in [3.05, 3.63) is 95.9 Å². The summed E-state index contributed by atoms with van der Waals surface area (Å²) < 4.78 is 38.9. The minimum absolute atomic E-state index is 0.112. The van der Waals surface area contributed by atoms with Crippen molar-refractivity contribution in [1.29, 1.82) is 0 Å². The second-order valence-corrected chi connectivity index (χ2v) is 7.50. The van der Waals surface area contributed by atoms with E-state index in [0.717, 1.165) is 11.6 Å². The number of allylic oxidation sites excluding steroid dienone is 4. The highest BCUT2D eigenvalue weighted by Gasteiger charge is 2.13. The first kappa shape index (κ1) is 22.9. The molecule has 0 aliphatic heterocycles. The van der Waals surface area contributed by atoms with E-state index in [0.29, 0.717) is 34.8 Å². The van der Waals surface area contributed by atoms with E-state index >= 15 is 0 Å². The van der Waals surface area contributed by atoms with Gasteiger partial charge in [-0.05, 0) is 53.5 Å². The van der Waals surface area contributed by atoms with E-state index in [1.54, 1.807) is 42.6 Å². The van der Waals surface area contributed by atoms with Gasteiger partial charge in [0.15, 0.2) is 17.3 Å². The number of benzene rings is 1.